The van der Waals surface area contributed by atoms with E-state index in [-0.39, 0.29) is 4.90 Å². The summed E-state index contributed by atoms with van der Waals surface area (Å²) in [5, 5.41) is 0. The van der Waals surface area contributed by atoms with Gasteiger partial charge in [-0.3, -0.25) is 4.79 Å². The van der Waals surface area contributed by atoms with E-state index in [1.165, 1.54) is 12.1 Å². The van der Waals surface area contributed by atoms with Gasteiger partial charge in [0.25, 0.3) is 0 Å². The molecular formula is C16H16O5S. The molecule has 22 heavy (non-hydrogen) atoms. The molecule has 0 aliphatic carbocycles. The lowest BCUT2D eigenvalue weighted by Gasteiger charge is -2.07. The summed E-state index contributed by atoms with van der Waals surface area (Å²) in [6.45, 7) is 0.398. The van der Waals surface area contributed by atoms with Crippen molar-refractivity contribution in [3.05, 3.63) is 60.2 Å². The van der Waals surface area contributed by atoms with E-state index in [2.05, 4.69) is 4.74 Å². The van der Waals surface area contributed by atoms with E-state index < -0.39 is 21.6 Å². The average Bonchev–Trinajstić information content (AvgIpc) is 2.54. The highest BCUT2D eigenvalue weighted by molar-refractivity contribution is 7.92. The molecule has 0 amide bonds. The molecule has 2 aromatic carbocycles. The molecule has 0 atom stereocenters. The summed E-state index contributed by atoms with van der Waals surface area (Å²) in [7, 11) is -2.53. The van der Waals surface area contributed by atoms with Crippen LogP contribution in [0, 0.1) is 0 Å². The molecular weight excluding hydrogens is 304 g/mol. The largest absolute Gasteiger partial charge is 0.489 e. The van der Waals surface area contributed by atoms with Crippen molar-refractivity contribution >= 4 is 15.8 Å². The first-order valence-corrected chi connectivity index (χ1v) is 8.23. The molecule has 0 unspecified atom stereocenters. The molecule has 0 fully saturated rings. The number of carbonyl (C=O) groups excluding carboxylic acids is 1. The highest BCUT2D eigenvalue weighted by Crippen LogP contribution is 2.18. The molecule has 0 aromatic heterocycles. The number of hydrogen-bond acceptors (Lipinski definition) is 5. The van der Waals surface area contributed by atoms with E-state index in [1.54, 1.807) is 12.1 Å². The van der Waals surface area contributed by atoms with Crippen molar-refractivity contribution in [3.63, 3.8) is 0 Å². The monoisotopic (exact) mass is 320 g/mol. The summed E-state index contributed by atoms with van der Waals surface area (Å²) < 4.78 is 33.9. The molecule has 0 heterocycles. The molecule has 116 valence electrons. The van der Waals surface area contributed by atoms with Gasteiger partial charge in [0.1, 0.15) is 12.4 Å². The standard InChI is InChI=1S/C16H16O5S/c1-20-16(17)12-22(18,19)15-9-7-14(8-10-15)21-11-13-5-3-2-4-6-13/h2-10H,11-12H2,1H3. The molecule has 0 aliphatic rings. The van der Waals surface area contributed by atoms with Crippen LogP contribution in [0.1, 0.15) is 5.56 Å². The second-order valence-electron chi connectivity index (χ2n) is 4.58. The van der Waals surface area contributed by atoms with Crippen LogP contribution in [-0.2, 0) is 26.0 Å². The number of esters is 1. The molecule has 0 bridgehead atoms. The van der Waals surface area contributed by atoms with Crippen molar-refractivity contribution in [3.8, 4) is 5.75 Å². The van der Waals surface area contributed by atoms with E-state index in [0.717, 1.165) is 12.7 Å². The van der Waals surface area contributed by atoms with Gasteiger partial charge in [-0.2, -0.15) is 0 Å². The topological polar surface area (TPSA) is 69.7 Å². The van der Waals surface area contributed by atoms with Gasteiger partial charge in [-0.25, -0.2) is 8.42 Å². The minimum atomic E-state index is -3.69. The van der Waals surface area contributed by atoms with Gasteiger partial charge in [-0.05, 0) is 29.8 Å². The van der Waals surface area contributed by atoms with Crippen molar-refractivity contribution in [2.24, 2.45) is 0 Å². The molecule has 2 aromatic rings. The number of hydrogen-bond donors (Lipinski definition) is 0. The SMILES string of the molecule is COC(=O)CS(=O)(=O)c1ccc(OCc2ccccc2)cc1. The maximum Gasteiger partial charge on any atom is 0.321 e. The first kappa shape index (κ1) is 16.0. The molecule has 6 heteroatoms. The fourth-order valence-corrected chi connectivity index (χ4v) is 2.93. The first-order valence-electron chi connectivity index (χ1n) is 6.57. The zero-order valence-corrected chi connectivity index (χ0v) is 12.9. The van der Waals surface area contributed by atoms with Crippen molar-refractivity contribution in [1.29, 1.82) is 0 Å². The minimum Gasteiger partial charge on any atom is -0.489 e. The van der Waals surface area contributed by atoms with Gasteiger partial charge in [0.2, 0.25) is 0 Å². The van der Waals surface area contributed by atoms with Crippen LogP contribution >= 0.6 is 0 Å². The summed E-state index contributed by atoms with van der Waals surface area (Å²) in [5.74, 6) is -0.904. The maximum atomic E-state index is 12.0. The Morgan fingerprint density at radius 2 is 1.64 bits per heavy atom. The van der Waals surface area contributed by atoms with E-state index in [4.69, 9.17) is 4.74 Å². The number of benzene rings is 2. The second kappa shape index (κ2) is 7.09. The zero-order valence-electron chi connectivity index (χ0n) is 12.1. The van der Waals surface area contributed by atoms with Crippen molar-refractivity contribution in [2.75, 3.05) is 12.9 Å². The predicted octanol–water partition coefficient (Wildman–Crippen LogP) is 2.21. The third kappa shape index (κ3) is 4.33. The Morgan fingerprint density at radius 3 is 2.23 bits per heavy atom. The fourth-order valence-electron chi connectivity index (χ4n) is 1.78. The summed E-state index contributed by atoms with van der Waals surface area (Å²) in [4.78, 5) is 11.2. The Morgan fingerprint density at radius 1 is 1.00 bits per heavy atom. The van der Waals surface area contributed by atoms with Crippen LogP contribution in [0.25, 0.3) is 0 Å². The maximum absolute atomic E-state index is 12.0. The van der Waals surface area contributed by atoms with Gasteiger partial charge < -0.3 is 9.47 Å². The lowest BCUT2D eigenvalue weighted by molar-refractivity contribution is -0.137. The van der Waals surface area contributed by atoms with Crippen LogP contribution in [0.4, 0.5) is 0 Å². The number of sulfone groups is 1. The van der Waals surface area contributed by atoms with Gasteiger partial charge in [0.05, 0.1) is 12.0 Å². The molecule has 0 saturated heterocycles. The third-order valence-electron chi connectivity index (χ3n) is 2.97. The van der Waals surface area contributed by atoms with E-state index >= 15 is 0 Å². The van der Waals surface area contributed by atoms with Crippen LogP contribution in [0.2, 0.25) is 0 Å². The average molecular weight is 320 g/mol. The van der Waals surface area contributed by atoms with Crippen LogP contribution < -0.4 is 4.74 Å². The van der Waals surface area contributed by atoms with Gasteiger partial charge in [-0.1, -0.05) is 30.3 Å². The van der Waals surface area contributed by atoms with Crippen molar-refractivity contribution in [2.45, 2.75) is 11.5 Å². The van der Waals surface area contributed by atoms with E-state index in [1.807, 2.05) is 30.3 Å². The van der Waals surface area contributed by atoms with Crippen LogP contribution in [0.5, 0.6) is 5.75 Å². The molecule has 2 rings (SSSR count). The van der Waals surface area contributed by atoms with Crippen molar-refractivity contribution < 1.29 is 22.7 Å². The van der Waals surface area contributed by atoms with Gasteiger partial charge in [0.15, 0.2) is 15.6 Å². The summed E-state index contributed by atoms with van der Waals surface area (Å²) in [6.07, 6.45) is 0. The third-order valence-corrected chi connectivity index (χ3v) is 4.57. The highest BCUT2D eigenvalue weighted by Gasteiger charge is 2.19. The van der Waals surface area contributed by atoms with Gasteiger partial charge in [0, 0.05) is 0 Å². The van der Waals surface area contributed by atoms with E-state index in [0.29, 0.717) is 12.4 Å². The molecule has 5 nitrogen and oxygen atoms in total. The molecule has 0 spiro atoms. The lowest BCUT2D eigenvalue weighted by Crippen LogP contribution is -2.17. The highest BCUT2D eigenvalue weighted by atomic mass is 32.2. The predicted molar refractivity (Wildman–Crippen MR) is 81.3 cm³/mol. The zero-order chi connectivity index (χ0) is 16.0. The molecule has 0 saturated carbocycles. The first-order chi connectivity index (χ1) is 10.5. The van der Waals surface area contributed by atoms with Gasteiger partial charge >= 0.3 is 5.97 Å². The number of ether oxygens (including phenoxy) is 2. The normalized spacial score (nSPS) is 11.0. The summed E-state index contributed by atoms with van der Waals surface area (Å²) >= 11 is 0. The Bertz CT molecular complexity index is 721. The van der Waals surface area contributed by atoms with Gasteiger partial charge in [-0.15, -0.1) is 0 Å². The molecule has 0 radical (unpaired) electrons. The smallest absolute Gasteiger partial charge is 0.321 e. The minimum absolute atomic E-state index is 0.0601. The van der Waals surface area contributed by atoms with E-state index in [9.17, 15) is 13.2 Å². The Kier molecular flexibility index (Phi) is 5.16. The number of carbonyl (C=O) groups is 1. The molecule has 0 aliphatic heterocycles. The molecule has 0 N–H and O–H groups in total. The number of rotatable bonds is 6. The summed E-state index contributed by atoms with van der Waals surface area (Å²) in [6, 6.07) is 15.6. The van der Waals surface area contributed by atoms with Crippen LogP contribution in [0.15, 0.2) is 59.5 Å². The van der Waals surface area contributed by atoms with Crippen molar-refractivity contribution in [1.82, 2.24) is 0 Å². The quantitative estimate of drug-likeness (QED) is 0.763. The number of methoxy groups -OCH3 is 1. The Labute approximate surface area is 129 Å². The van der Waals surface area contributed by atoms with Crippen LogP contribution in [0.3, 0.4) is 0 Å². The second-order valence-corrected chi connectivity index (χ2v) is 6.57. The van der Waals surface area contributed by atoms with Crippen LogP contribution in [-0.4, -0.2) is 27.2 Å². The Hall–Kier alpha value is -2.34. The lowest BCUT2D eigenvalue weighted by atomic mass is 10.2. The fraction of sp³-hybridized carbons (Fsp3) is 0.188. The Balaban J connectivity index is 2.02. The summed E-state index contributed by atoms with van der Waals surface area (Å²) in [5.41, 5.74) is 1.02.